The number of thioether (sulfide) groups is 1. The van der Waals surface area contributed by atoms with Gasteiger partial charge in [-0.2, -0.15) is 0 Å². The van der Waals surface area contributed by atoms with Gasteiger partial charge in [-0.15, -0.1) is 10.2 Å². The van der Waals surface area contributed by atoms with Crippen molar-refractivity contribution in [1.29, 1.82) is 0 Å². The number of rotatable bonds is 5. The maximum atomic E-state index is 12.1. The van der Waals surface area contributed by atoms with Gasteiger partial charge < -0.3 is 20.7 Å². The molecule has 0 radical (unpaired) electrons. The first kappa shape index (κ1) is 17.8. The standard InChI is InChI=1S/C18H19N5O2S/c1-11-3-6-13(9-15(11)19)20-16(25)10-26-18-22-21-17(23(18)2)12-4-7-14(24)8-5-12/h3-9,24H,10,19H2,1-2H3,(H,20,25). The smallest absolute Gasteiger partial charge is 0.234 e. The van der Waals surface area contributed by atoms with Crippen LogP contribution in [0.1, 0.15) is 5.56 Å². The second-order valence-electron chi connectivity index (χ2n) is 5.82. The Balaban J connectivity index is 1.63. The highest BCUT2D eigenvalue weighted by atomic mass is 32.2. The minimum Gasteiger partial charge on any atom is -0.508 e. The first-order chi connectivity index (χ1) is 12.4. The molecule has 0 aliphatic rings. The van der Waals surface area contributed by atoms with Gasteiger partial charge in [0.25, 0.3) is 0 Å². The van der Waals surface area contributed by atoms with Crippen molar-refractivity contribution >= 4 is 29.0 Å². The van der Waals surface area contributed by atoms with Crippen molar-refractivity contribution in [3.63, 3.8) is 0 Å². The number of nitrogen functional groups attached to an aromatic ring is 1. The summed E-state index contributed by atoms with van der Waals surface area (Å²) in [5.41, 5.74) is 8.97. The summed E-state index contributed by atoms with van der Waals surface area (Å²) in [5.74, 6) is 0.917. The van der Waals surface area contributed by atoms with E-state index in [1.54, 1.807) is 30.3 Å². The average molecular weight is 369 g/mol. The molecular formula is C18H19N5O2S. The van der Waals surface area contributed by atoms with Crippen molar-refractivity contribution in [1.82, 2.24) is 14.8 Å². The number of nitrogens with two attached hydrogens (primary N) is 1. The van der Waals surface area contributed by atoms with Crippen LogP contribution in [-0.2, 0) is 11.8 Å². The number of phenolic OH excluding ortho intramolecular Hbond substituents is 1. The minimum absolute atomic E-state index is 0.146. The highest BCUT2D eigenvalue weighted by Gasteiger charge is 2.13. The van der Waals surface area contributed by atoms with Crippen molar-refractivity contribution in [3.8, 4) is 17.1 Å². The van der Waals surface area contributed by atoms with Gasteiger partial charge in [-0.05, 0) is 48.9 Å². The van der Waals surface area contributed by atoms with Crippen LogP contribution in [0.4, 0.5) is 11.4 Å². The van der Waals surface area contributed by atoms with Gasteiger partial charge in [-0.3, -0.25) is 4.79 Å². The molecule has 0 aliphatic heterocycles. The number of phenols is 1. The molecule has 0 saturated heterocycles. The summed E-state index contributed by atoms with van der Waals surface area (Å²) in [6.45, 7) is 1.91. The fourth-order valence-corrected chi connectivity index (χ4v) is 3.06. The van der Waals surface area contributed by atoms with Crippen LogP contribution in [0.25, 0.3) is 11.4 Å². The third-order valence-electron chi connectivity index (χ3n) is 3.86. The Bertz CT molecular complexity index is 937. The van der Waals surface area contributed by atoms with Crippen molar-refractivity contribution in [2.45, 2.75) is 12.1 Å². The Hall–Kier alpha value is -3.00. The lowest BCUT2D eigenvalue weighted by Gasteiger charge is -2.07. The maximum absolute atomic E-state index is 12.1. The van der Waals surface area contributed by atoms with Crippen molar-refractivity contribution in [2.75, 3.05) is 16.8 Å². The zero-order valence-electron chi connectivity index (χ0n) is 14.4. The van der Waals surface area contributed by atoms with Gasteiger partial charge in [0.2, 0.25) is 5.91 Å². The number of nitrogens with one attached hydrogen (secondary N) is 1. The molecule has 134 valence electrons. The van der Waals surface area contributed by atoms with Gasteiger partial charge >= 0.3 is 0 Å². The van der Waals surface area contributed by atoms with Crippen molar-refractivity contribution < 1.29 is 9.90 Å². The summed E-state index contributed by atoms with van der Waals surface area (Å²) in [6.07, 6.45) is 0. The van der Waals surface area contributed by atoms with E-state index in [1.165, 1.54) is 11.8 Å². The number of aromatic nitrogens is 3. The second-order valence-corrected chi connectivity index (χ2v) is 6.76. The molecule has 1 heterocycles. The zero-order valence-corrected chi connectivity index (χ0v) is 15.2. The van der Waals surface area contributed by atoms with Crippen LogP contribution >= 0.6 is 11.8 Å². The number of benzene rings is 2. The molecule has 8 heteroatoms. The summed E-state index contributed by atoms with van der Waals surface area (Å²) in [7, 11) is 1.84. The number of hydrogen-bond acceptors (Lipinski definition) is 6. The van der Waals surface area contributed by atoms with E-state index in [1.807, 2.05) is 30.7 Å². The lowest BCUT2D eigenvalue weighted by atomic mass is 10.2. The molecule has 3 rings (SSSR count). The Morgan fingerprint density at radius 1 is 1.23 bits per heavy atom. The highest BCUT2D eigenvalue weighted by molar-refractivity contribution is 7.99. The number of nitrogens with zero attached hydrogens (tertiary/aromatic N) is 3. The molecule has 4 N–H and O–H groups in total. The van der Waals surface area contributed by atoms with Gasteiger partial charge in [0.05, 0.1) is 5.75 Å². The number of aryl methyl sites for hydroxylation is 1. The summed E-state index contributed by atoms with van der Waals surface area (Å²) in [6, 6.07) is 12.1. The molecule has 0 bridgehead atoms. The first-order valence-electron chi connectivity index (χ1n) is 7.91. The molecule has 0 saturated carbocycles. The van der Waals surface area contributed by atoms with E-state index < -0.39 is 0 Å². The molecule has 0 aliphatic carbocycles. The third kappa shape index (κ3) is 3.97. The molecule has 1 aromatic heterocycles. The first-order valence-corrected chi connectivity index (χ1v) is 8.90. The molecule has 26 heavy (non-hydrogen) atoms. The molecule has 7 nitrogen and oxygen atoms in total. The van der Waals surface area contributed by atoms with Gasteiger partial charge in [0, 0.05) is 24.0 Å². The second kappa shape index (κ2) is 7.49. The zero-order chi connectivity index (χ0) is 18.7. The summed E-state index contributed by atoms with van der Waals surface area (Å²) < 4.78 is 1.81. The van der Waals surface area contributed by atoms with E-state index in [2.05, 4.69) is 15.5 Å². The molecule has 0 atom stereocenters. The van der Waals surface area contributed by atoms with Gasteiger partial charge in [-0.25, -0.2) is 0 Å². The van der Waals surface area contributed by atoms with Crippen molar-refractivity contribution in [2.24, 2.45) is 7.05 Å². The quantitative estimate of drug-likeness (QED) is 0.472. The molecule has 3 aromatic rings. The summed E-state index contributed by atoms with van der Waals surface area (Å²) in [5, 5.41) is 21.1. The monoisotopic (exact) mass is 369 g/mol. The Kier molecular flexibility index (Phi) is 5.13. The molecular weight excluding hydrogens is 350 g/mol. The fraction of sp³-hybridized carbons (Fsp3) is 0.167. The lowest BCUT2D eigenvalue weighted by Crippen LogP contribution is -2.14. The van der Waals surface area contributed by atoms with Crippen LogP contribution in [0.2, 0.25) is 0 Å². The van der Waals surface area contributed by atoms with Gasteiger partial charge in [0.1, 0.15) is 5.75 Å². The lowest BCUT2D eigenvalue weighted by molar-refractivity contribution is -0.113. The molecule has 0 fully saturated rings. The highest BCUT2D eigenvalue weighted by Crippen LogP contribution is 2.24. The Morgan fingerprint density at radius 2 is 1.96 bits per heavy atom. The topological polar surface area (TPSA) is 106 Å². The Morgan fingerprint density at radius 3 is 2.65 bits per heavy atom. The number of carbonyl (C=O) groups is 1. The molecule has 0 spiro atoms. The minimum atomic E-state index is -0.146. The van der Waals surface area contributed by atoms with E-state index in [0.717, 1.165) is 11.1 Å². The molecule has 2 aromatic carbocycles. The van der Waals surface area contributed by atoms with E-state index in [9.17, 15) is 9.90 Å². The van der Waals surface area contributed by atoms with E-state index in [0.29, 0.717) is 22.4 Å². The van der Waals surface area contributed by atoms with Crippen molar-refractivity contribution in [3.05, 3.63) is 48.0 Å². The number of hydrogen-bond donors (Lipinski definition) is 3. The van der Waals surface area contributed by atoms with Crippen LogP contribution in [0.5, 0.6) is 5.75 Å². The largest absolute Gasteiger partial charge is 0.508 e. The molecule has 1 amide bonds. The van der Waals surface area contributed by atoms with Crippen LogP contribution in [-0.4, -0.2) is 31.5 Å². The fourth-order valence-electron chi connectivity index (χ4n) is 2.35. The summed E-state index contributed by atoms with van der Waals surface area (Å²) >= 11 is 1.30. The third-order valence-corrected chi connectivity index (χ3v) is 4.88. The number of carbonyl (C=O) groups excluding carboxylic acids is 1. The normalized spacial score (nSPS) is 10.7. The van der Waals surface area contributed by atoms with Gasteiger partial charge in [0.15, 0.2) is 11.0 Å². The van der Waals surface area contributed by atoms with E-state index in [4.69, 9.17) is 5.73 Å². The average Bonchev–Trinajstić information content (AvgIpc) is 2.98. The Labute approximate surface area is 155 Å². The maximum Gasteiger partial charge on any atom is 0.234 e. The number of amides is 1. The van der Waals surface area contributed by atoms with E-state index >= 15 is 0 Å². The SMILES string of the molecule is Cc1ccc(NC(=O)CSc2nnc(-c3ccc(O)cc3)n2C)cc1N. The summed E-state index contributed by atoms with van der Waals surface area (Å²) in [4.78, 5) is 12.1. The van der Waals surface area contributed by atoms with E-state index in [-0.39, 0.29) is 17.4 Å². The van der Waals surface area contributed by atoms with Crippen LogP contribution in [0, 0.1) is 6.92 Å². The number of anilines is 2. The van der Waals surface area contributed by atoms with Crippen LogP contribution in [0.15, 0.2) is 47.6 Å². The van der Waals surface area contributed by atoms with Crippen LogP contribution < -0.4 is 11.1 Å². The molecule has 0 unspecified atom stereocenters. The van der Waals surface area contributed by atoms with Crippen LogP contribution in [0.3, 0.4) is 0 Å². The number of aromatic hydroxyl groups is 1. The van der Waals surface area contributed by atoms with Gasteiger partial charge in [-0.1, -0.05) is 17.8 Å². The predicted octanol–water partition coefficient (Wildman–Crippen LogP) is 2.81. The predicted molar refractivity (Wildman–Crippen MR) is 103 cm³/mol.